The van der Waals surface area contributed by atoms with Crippen molar-refractivity contribution in [2.75, 3.05) is 0 Å². The first-order chi connectivity index (χ1) is 9.97. The lowest BCUT2D eigenvalue weighted by molar-refractivity contribution is 0.587. The fraction of sp³-hybridized carbons (Fsp3) is 0.294. The number of benzene rings is 2. The van der Waals surface area contributed by atoms with Gasteiger partial charge < -0.3 is 0 Å². The van der Waals surface area contributed by atoms with E-state index in [0.29, 0.717) is 0 Å². The Morgan fingerprint density at radius 2 is 1.67 bits per heavy atom. The number of rotatable bonds is 4. The molecule has 2 rings (SSSR count). The molecule has 0 saturated heterocycles. The van der Waals surface area contributed by atoms with Crippen LogP contribution < -0.4 is 0 Å². The third-order valence-electron chi connectivity index (χ3n) is 3.59. The smallest absolute Gasteiger partial charge is 0.142 e. The second kappa shape index (κ2) is 6.76. The zero-order chi connectivity index (χ0) is 15.6. The lowest BCUT2D eigenvalue weighted by Gasteiger charge is -2.17. The summed E-state index contributed by atoms with van der Waals surface area (Å²) in [4.78, 5) is 0. The van der Waals surface area contributed by atoms with E-state index in [0.717, 1.165) is 41.7 Å². The Morgan fingerprint density at radius 1 is 0.952 bits per heavy atom. The molecule has 0 aliphatic rings. The Kier molecular flexibility index (Phi) is 5.23. The van der Waals surface area contributed by atoms with Gasteiger partial charge in [-0.25, -0.2) is 8.78 Å². The first kappa shape index (κ1) is 16.3. The molecule has 0 heterocycles. The Morgan fingerprint density at radius 3 is 2.29 bits per heavy atom. The molecule has 0 aliphatic heterocycles. The maximum Gasteiger partial charge on any atom is 0.142 e. The van der Waals surface area contributed by atoms with Crippen molar-refractivity contribution < 1.29 is 8.78 Å². The van der Waals surface area contributed by atoms with Crippen molar-refractivity contribution in [3.8, 4) is 0 Å². The van der Waals surface area contributed by atoms with Crippen LogP contribution in [0.3, 0.4) is 0 Å². The summed E-state index contributed by atoms with van der Waals surface area (Å²) in [5.41, 5.74) is 3.07. The molecular weight excluding hydrogens is 313 g/mol. The number of alkyl halides is 1. The molecule has 1 unspecified atom stereocenters. The SMILES string of the molecule is CCc1ccc(CC)c(C(Cl)c2cc(F)c(Cl)cc2F)c1. The van der Waals surface area contributed by atoms with Gasteiger partial charge in [0.2, 0.25) is 0 Å². The predicted molar refractivity (Wildman–Crippen MR) is 84.3 cm³/mol. The lowest BCUT2D eigenvalue weighted by atomic mass is 9.94. The zero-order valence-corrected chi connectivity index (χ0v) is 13.4. The van der Waals surface area contributed by atoms with Gasteiger partial charge in [0, 0.05) is 5.56 Å². The summed E-state index contributed by atoms with van der Waals surface area (Å²) >= 11 is 12.0. The molecule has 0 amide bonds. The minimum absolute atomic E-state index is 0.113. The standard InChI is InChI=1S/C17H16Cl2F2/c1-3-10-5-6-11(4-2)12(7-10)17(19)13-8-16(21)14(18)9-15(13)20/h5-9,17H,3-4H2,1-2H3. The van der Waals surface area contributed by atoms with Crippen molar-refractivity contribution in [1.29, 1.82) is 0 Å². The Bertz CT molecular complexity index is 653. The normalized spacial score (nSPS) is 12.5. The van der Waals surface area contributed by atoms with Gasteiger partial charge in [-0.3, -0.25) is 0 Å². The topological polar surface area (TPSA) is 0 Å². The first-order valence-electron chi connectivity index (χ1n) is 6.88. The largest absolute Gasteiger partial charge is 0.207 e. The molecule has 0 fully saturated rings. The summed E-state index contributed by atoms with van der Waals surface area (Å²) in [7, 11) is 0. The van der Waals surface area contributed by atoms with E-state index >= 15 is 0 Å². The maximum absolute atomic E-state index is 14.0. The van der Waals surface area contributed by atoms with Crippen LogP contribution in [0, 0.1) is 11.6 Å². The molecule has 2 aromatic rings. The van der Waals surface area contributed by atoms with Gasteiger partial charge in [0.15, 0.2) is 0 Å². The average molecular weight is 329 g/mol. The van der Waals surface area contributed by atoms with E-state index in [2.05, 4.69) is 0 Å². The van der Waals surface area contributed by atoms with Gasteiger partial charge in [0.25, 0.3) is 0 Å². The highest BCUT2D eigenvalue weighted by molar-refractivity contribution is 6.30. The Labute approximate surface area is 133 Å². The summed E-state index contributed by atoms with van der Waals surface area (Å²) < 4.78 is 27.7. The highest BCUT2D eigenvalue weighted by Crippen LogP contribution is 2.35. The van der Waals surface area contributed by atoms with Crippen LogP contribution in [0.15, 0.2) is 30.3 Å². The molecule has 0 radical (unpaired) electrons. The highest BCUT2D eigenvalue weighted by Gasteiger charge is 2.20. The summed E-state index contributed by atoms with van der Waals surface area (Å²) in [5.74, 6) is -1.26. The number of hydrogen-bond acceptors (Lipinski definition) is 0. The summed E-state index contributed by atoms with van der Waals surface area (Å²) in [6.07, 6.45) is 1.64. The molecule has 4 heteroatoms. The molecule has 0 bridgehead atoms. The molecule has 2 aromatic carbocycles. The van der Waals surface area contributed by atoms with E-state index in [1.807, 2.05) is 32.0 Å². The second-order valence-electron chi connectivity index (χ2n) is 4.89. The lowest BCUT2D eigenvalue weighted by Crippen LogP contribution is -2.03. The third kappa shape index (κ3) is 3.38. The van der Waals surface area contributed by atoms with Crippen molar-refractivity contribution in [2.45, 2.75) is 32.1 Å². The summed E-state index contributed by atoms with van der Waals surface area (Å²) in [6, 6.07) is 8.03. The van der Waals surface area contributed by atoms with E-state index in [-0.39, 0.29) is 10.6 Å². The van der Waals surface area contributed by atoms with Crippen LogP contribution >= 0.6 is 23.2 Å². The van der Waals surface area contributed by atoms with E-state index in [1.54, 1.807) is 0 Å². The van der Waals surface area contributed by atoms with Crippen molar-refractivity contribution >= 4 is 23.2 Å². The summed E-state index contributed by atoms with van der Waals surface area (Å²) in [5, 5.41) is -0.976. The fourth-order valence-electron chi connectivity index (χ4n) is 2.32. The van der Waals surface area contributed by atoms with Crippen LogP contribution in [-0.2, 0) is 12.8 Å². The molecule has 0 N–H and O–H groups in total. The van der Waals surface area contributed by atoms with Crippen molar-refractivity contribution in [3.63, 3.8) is 0 Å². The van der Waals surface area contributed by atoms with E-state index in [9.17, 15) is 8.78 Å². The fourth-order valence-corrected chi connectivity index (χ4v) is 2.84. The number of aryl methyl sites for hydroxylation is 2. The molecule has 0 spiro atoms. The van der Waals surface area contributed by atoms with Gasteiger partial charge in [0.1, 0.15) is 11.6 Å². The van der Waals surface area contributed by atoms with Crippen LogP contribution in [0.25, 0.3) is 0 Å². The van der Waals surface area contributed by atoms with Crippen molar-refractivity contribution in [1.82, 2.24) is 0 Å². The van der Waals surface area contributed by atoms with Gasteiger partial charge >= 0.3 is 0 Å². The molecular formula is C17H16Cl2F2. The quantitative estimate of drug-likeness (QED) is 0.472. The van der Waals surface area contributed by atoms with Crippen LogP contribution in [0.4, 0.5) is 8.78 Å². The average Bonchev–Trinajstić information content (AvgIpc) is 2.49. The Balaban J connectivity index is 2.53. The molecule has 0 saturated carbocycles. The predicted octanol–water partition coefficient (Wildman–Crippen LogP) is 6.07. The second-order valence-corrected chi connectivity index (χ2v) is 5.73. The monoisotopic (exact) mass is 328 g/mol. The maximum atomic E-state index is 14.0. The molecule has 0 aromatic heterocycles. The van der Waals surface area contributed by atoms with Crippen molar-refractivity contribution in [3.05, 3.63) is 69.2 Å². The van der Waals surface area contributed by atoms with Gasteiger partial charge in [-0.05, 0) is 41.7 Å². The Hall–Kier alpha value is -1.12. The minimum Gasteiger partial charge on any atom is -0.207 e. The van der Waals surface area contributed by atoms with Crippen LogP contribution in [-0.4, -0.2) is 0 Å². The third-order valence-corrected chi connectivity index (χ3v) is 4.34. The van der Waals surface area contributed by atoms with E-state index < -0.39 is 17.0 Å². The van der Waals surface area contributed by atoms with Gasteiger partial charge in [-0.15, -0.1) is 11.6 Å². The molecule has 1 atom stereocenters. The minimum atomic E-state index is -0.738. The summed E-state index contributed by atoms with van der Waals surface area (Å²) in [6.45, 7) is 4.05. The molecule has 112 valence electrons. The molecule has 0 aliphatic carbocycles. The first-order valence-corrected chi connectivity index (χ1v) is 7.69. The van der Waals surface area contributed by atoms with Gasteiger partial charge in [-0.1, -0.05) is 43.6 Å². The zero-order valence-electron chi connectivity index (χ0n) is 11.9. The van der Waals surface area contributed by atoms with E-state index in [1.165, 1.54) is 0 Å². The van der Waals surface area contributed by atoms with Gasteiger partial charge in [-0.2, -0.15) is 0 Å². The molecule has 21 heavy (non-hydrogen) atoms. The molecule has 0 nitrogen and oxygen atoms in total. The van der Waals surface area contributed by atoms with Crippen LogP contribution in [0.1, 0.15) is 41.5 Å². The van der Waals surface area contributed by atoms with Crippen molar-refractivity contribution in [2.24, 2.45) is 0 Å². The van der Waals surface area contributed by atoms with Crippen LogP contribution in [0.5, 0.6) is 0 Å². The van der Waals surface area contributed by atoms with E-state index in [4.69, 9.17) is 23.2 Å². The van der Waals surface area contributed by atoms with Crippen LogP contribution in [0.2, 0.25) is 5.02 Å². The van der Waals surface area contributed by atoms with Gasteiger partial charge in [0.05, 0.1) is 10.4 Å². The number of halogens is 4. The number of hydrogen-bond donors (Lipinski definition) is 0. The highest BCUT2D eigenvalue weighted by atomic mass is 35.5.